The van der Waals surface area contributed by atoms with Gasteiger partial charge in [-0.25, -0.2) is 0 Å². The molecule has 1 fully saturated rings. The summed E-state index contributed by atoms with van der Waals surface area (Å²) in [5.41, 5.74) is 5.45. The summed E-state index contributed by atoms with van der Waals surface area (Å²) in [6, 6.07) is 24.0. The highest BCUT2D eigenvalue weighted by atomic mass is 16.5. The van der Waals surface area contributed by atoms with Gasteiger partial charge in [0, 0.05) is 25.2 Å². The molecule has 3 aromatic carbocycles. The quantitative estimate of drug-likeness (QED) is 0.434. The van der Waals surface area contributed by atoms with E-state index in [0.29, 0.717) is 12.2 Å². The van der Waals surface area contributed by atoms with E-state index >= 15 is 0 Å². The third-order valence-electron chi connectivity index (χ3n) is 7.31. The van der Waals surface area contributed by atoms with Gasteiger partial charge in [0.1, 0.15) is 5.75 Å². The van der Waals surface area contributed by atoms with Gasteiger partial charge in [-0.1, -0.05) is 61.0 Å². The Kier molecular flexibility index (Phi) is 6.82. The van der Waals surface area contributed by atoms with Crippen LogP contribution >= 0.6 is 0 Å². The number of hydrogen-bond acceptors (Lipinski definition) is 3. The summed E-state index contributed by atoms with van der Waals surface area (Å²) < 4.78 is 6.30. The number of fused-ring (bicyclic) bond motifs is 1. The Bertz CT molecular complexity index is 1250. The number of amides is 2. The number of aryl methyl sites for hydroxylation is 1. The fraction of sp³-hybridized carbons (Fsp3) is 0.355. The number of carbonyl (C=O) groups is 2. The van der Waals surface area contributed by atoms with E-state index in [1.807, 2.05) is 49.4 Å². The van der Waals surface area contributed by atoms with Crippen LogP contribution in [0.5, 0.6) is 5.75 Å². The van der Waals surface area contributed by atoms with Gasteiger partial charge in [-0.15, -0.1) is 0 Å². The molecule has 3 aromatic rings. The highest BCUT2D eigenvalue weighted by molar-refractivity contribution is 5.96. The van der Waals surface area contributed by atoms with Crippen molar-refractivity contribution in [2.75, 3.05) is 18.5 Å². The molecule has 5 rings (SSSR count). The molecular weight excluding hydrogens is 448 g/mol. The minimum Gasteiger partial charge on any atom is -0.481 e. The second kappa shape index (κ2) is 10.2. The van der Waals surface area contributed by atoms with Crippen molar-refractivity contribution in [3.8, 4) is 5.75 Å². The van der Waals surface area contributed by atoms with Crippen LogP contribution in [-0.2, 0) is 16.0 Å². The molecule has 2 unspecified atom stereocenters. The van der Waals surface area contributed by atoms with E-state index in [1.165, 1.54) is 11.1 Å². The first kappa shape index (κ1) is 24.1. The topological polar surface area (TPSA) is 49.9 Å². The molecule has 0 bridgehead atoms. The van der Waals surface area contributed by atoms with Crippen LogP contribution in [0.25, 0.3) is 0 Å². The first-order valence-corrected chi connectivity index (χ1v) is 13.0. The molecule has 0 radical (unpaired) electrons. The number of likely N-dealkylation sites (N-methyl/N-ethyl adjacent to an activating group) is 1. The van der Waals surface area contributed by atoms with Crippen LogP contribution in [0.1, 0.15) is 54.5 Å². The van der Waals surface area contributed by atoms with Crippen molar-refractivity contribution in [2.45, 2.75) is 51.7 Å². The molecule has 2 atom stereocenters. The number of benzene rings is 3. The zero-order chi connectivity index (χ0) is 25.2. The van der Waals surface area contributed by atoms with Crippen molar-refractivity contribution < 1.29 is 14.3 Å². The Balaban J connectivity index is 1.45. The van der Waals surface area contributed by atoms with Crippen LogP contribution in [0.4, 0.5) is 5.69 Å². The van der Waals surface area contributed by atoms with Crippen molar-refractivity contribution in [3.63, 3.8) is 0 Å². The molecule has 0 spiro atoms. The van der Waals surface area contributed by atoms with E-state index in [1.54, 1.807) is 11.9 Å². The van der Waals surface area contributed by atoms with Crippen molar-refractivity contribution in [1.29, 1.82) is 0 Å². The number of anilines is 1. The van der Waals surface area contributed by atoms with Gasteiger partial charge in [-0.2, -0.15) is 0 Å². The monoisotopic (exact) mass is 482 g/mol. The van der Waals surface area contributed by atoms with Gasteiger partial charge in [0.2, 0.25) is 5.91 Å². The number of carbonyl (C=O) groups excluding carboxylic acids is 2. The van der Waals surface area contributed by atoms with Gasteiger partial charge in [0.05, 0.1) is 6.04 Å². The Morgan fingerprint density at radius 1 is 1.03 bits per heavy atom. The molecule has 36 heavy (non-hydrogen) atoms. The summed E-state index contributed by atoms with van der Waals surface area (Å²) in [5.74, 6) is 0.995. The van der Waals surface area contributed by atoms with Crippen LogP contribution in [0.15, 0.2) is 72.8 Å². The predicted octanol–water partition coefficient (Wildman–Crippen LogP) is 5.70. The molecule has 1 aliphatic heterocycles. The van der Waals surface area contributed by atoms with Gasteiger partial charge >= 0.3 is 0 Å². The molecule has 0 saturated heterocycles. The van der Waals surface area contributed by atoms with E-state index in [-0.39, 0.29) is 23.8 Å². The summed E-state index contributed by atoms with van der Waals surface area (Å²) in [4.78, 5) is 30.3. The average Bonchev–Trinajstić information content (AvgIpc) is 3.76. The summed E-state index contributed by atoms with van der Waals surface area (Å²) in [5, 5.41) is 0. The standard InChI is InChI=1S/C31H34N2O3/c1-4-28(31(35)32(3)25-11-6-5-7-12-25)36-26-16-15-22-17-18-33(30(34)23-13-14-23)29(27(22)20-26)24-10-8-9-21(2)19-24/h5-12,15-16,19-20,23,28-29H,4,13-14,17-18H2,1-3H3. The largest absolute Gasteiger partial charge is 0.481 e. The number of ether oxygens (including phenoxy) is 1. The minimum absolute atomic E-state index is 0.0813. The van der Waals surface area contributed by atoms with Gasteiger partial charge < -0.3 is 14.5 Å². The van der Waals surface area contributed by atoms with E-state index in [4.69, 9.17) is 4.74 Å². The molecule has 5 heteroatoms. The Morgan fingerprint density at radius 2 is 1.81 bits per heavy atom. The molecule has 1 aliphatic carbocycles. The number of nitrogens with zero attached hydrogens (tertiary/aromatic N) is 2. The number of para-hydroxylation sites is 1. The van der Waals surface area contributed by atoms with E-state index < -0.39 is 6.10 Å². The lowest BCUT2D eigenvalue weighted by molar-refractivity contribution is -0.134. The molecule has 5 nitrogen and oxygen atoms in total. The lowest BCUT2D eigenvalue weighted by Gasteiger charge is -2.38. The van der Waals surface area contributed by atoms with Gasteiger partial charge in [0.15, 0.2) is 6.10 Å². The Hall–Kier alpha value is -3.60. The van der Waals surface area contributed by atoms with Crippen LogP contribution in [0.3, 0.4) is 0 Å². The molecule has 1 heterocycles. The van der Waals surface area contributed by atoms with Crippen molar-refractivity contribution in [3.05, 3.63) is 95.1 Å². The van der Waals surface area contributed by atoms with Crippen LogP contribution in [-0.4, -0.2) is 36.4 Å². The average molecular weight is 483 g/mol. The molecule has 1 saturated carbocycles. The molecular formula is C31H34N2O3. The maximum Gasteiger partial charge on any atom is 0.267 e. The molecule has 2 aliphatic rings. The van der Waals surface area contributed by atoms with Crippen LogP contribution < -0.4 is 9.64 Å². The van der Waals surface area contributed by atoms with Crippen LogP contribution in [0.2, 0.25) is 0 Å². The zero-order valence-electron chi connectivity index (χ0n) is 21.3. The molecule has 0 N–H and O–H groups in total. The fourth-order valence-corrected chi connectivity index (χ4v) is 5.14. The lowest BCUT2D eigenvalue weighted by atomic mass is 9.87. The second-order valence-corrected chi connectivity index (χ2v) is 9.98. The van der Waals surface area contributed by atoms with Crippen LogP contribution in [0, 0.1) is 12.8 Å². The van der Waals surface area contributed by atoms with E-state index in [0.717, 1.165) is 42.6 Å². The highest BCUT2D eigenvalue weighted by Crippen LogP contribution is 2.41. The fourth-order valence-electron chi connectivity index (χ4n) is 5.14. The second-order valence-electron chi connectivity index (χ2n) is 9.98. The summed E-state index contributed by atoms with van der Waals surface area (Å²) in [6.45, 7) is 4.77. The lowest BCUT2D eigenvalue weighted by Crippen LogP contribution is -2.41. The SMILES string of the molecule is CCC(Oc1ccc2c(c1)C(c1cccc(C)c1)N(C(=O)C1CC1)CC2)C(=O)N(C)c1ccccc1. The molecule has 2 amide bonds. The number of rotatable bonds is 7. The minimum atomic E-state index is -0.599. The Labute approximate surface area is 213 Å². The van der Waals surface area contributed by atoms with Crippen molar-refractivity contribution in [2.24, 2.45) is 5.92 Å². The van der Waals surface area contributed by atoms with Gasteiger partial charge in [0.25, 0.3) is 5.91 Å². The first-order chi connectivity index (χ1) is 17.5. The van der Waals surface area contributed by atoms with Gasteiger partial charge in [-0.05, 0) is 73.6 Å². The zero-order valence-corrected chi connectivity index (χ0v) is 21.3. The predicted molar refractivity (Wildman–Crippen MR) is 142 cm³/mol. The summed E-state index contributed by atoms with van der Waals surface area (Å²) >= 11 is 0. The normalized spacial score (nSPS) is 17.8. The smallest absolute Gasteiger partial charge is 0.267 e. The number of hydrogen-bond donors (Lipinski definition) is 0. The maximum atomic E-state index is 13.3. The first-order valence-electron chi connectivity index (χ1n) is 13.0. The molecule has 0 aromatic heterocycles. The van der Waals surface area contributed by atoms with Crippen molar-refractivity contribution in [1.82, 2.24) is 4.90 Å². The Morgan fingerprint density at radius 3 is 2.50 bits per heavy atom. The highest BCUT2D eigenvalue weighted by Gasteiger charge is 2.39. The maximum absolute atomic E-state index is 13.3. The van der Waals surface area contributed by atoms with E-state index in [2.05, 4.69) is 42.2 Å². The summed E-state index contributed by atoms with van der Waals surface area (Å²) in [6.07, 6.45) is 2.75. The third kappa shape index (κ3) is 4.88. The van der Waals surface area contributed by atoms with Gasteiger partial charge in [-0.3, -0.25) is 9.59 Å². The summed E-state index contributed by atoms with van der Waals surface area (Å²) in [7, 11) is 1.78. The molecule has 186 valence electrons. The third-order valence-corrected chi connectivity index (χ3v) is 7.31. The van der Waals surface area contributed by atoms with Crippen molar-refractivity contribution >= 4 is 17.5 Å². The van der Waals surface area contributed by atoms with E-state index in [9.17, 15) is 9.59 Å².